The van der Waals surface area contributed by atoms with Crippen LogP contribution in [0, 0.1) is 6.92 Å². The van der Waals surface area contributed by atoms with Crippen molar-refractivity contribution in [2.75, 3.05) is 33.9 Å². The van der Waals surface area contributed by atoms with E-state index in [0.29, 0.717) is 24.5 Å². The summed E-state index contributed by atoms with van der Waals surface area (Å²) in [4.78, 5) is 2.26. The van der Waals surface area contributed by atoms with Crippen LogP contribution in [-0.4, -0.2) is 54.6 Å². The molecule has 2 aromatic rings. The number of likely N-dealkylation sites (tertiary alicyclic amines) is 1. The number of aliphatic hydroxyl groups is 2. The van der Waals surface area contributed by atoms with E-state index in [1.165, 1.54) is 0 Å². The third-order valence-electron chi connectivity index (χ3n) is 6.41. The number of ether oxygens (including phenoxy) is 3. The molecule has 2 unspecified atom stereocenters. The first-order valence-corrected chi connectivity index (χ1v) is 10.5. The molecule has 0 amide bonds. The van der Waals surface area contributed by atoms with Crippen LogP contribution in [0.3, 0.4) is 0 Å². The normalized spacial score (nSPS) is 21.6. The zero-order chi connectivity index (χ0) is 21.3. The summed E-state index contributed by atoms with van der Waals surface area (Å²) in [5, 5.41) is 21.4. The zero-order valence-electron chi connectivity index (χ0n) is 17.9. The van der Waals surface area contributed by atoms with Crippen molar-refractivity contribution < 1.29 is 24.4 Å². The number of methoxy groups -OCH3 is 2. The van der Waals surface area contributed by atoms with Crippen LogP contribution in [-0.2, 0) is 0 Å². The lowest BCUT2D eigenvalue weighted by molar-refractivity contribution is -0.0588. The van der Waals surface area contributed by atoms with E-state index in [9.17, 15) is 10.2 Å². The molecule has 2 atom stereocenters. The second-order valence-corrected chi connectivity index (χ2v) is 8.48. The summed E-state index contributed by atoms with van der Waals surface area (Å²) in [5.41, 5.74) is 2.51. The predicted molar refractivity (Wildman–Crippen MR) is 114 cm³/mol. The zero-order valence-corrected chi connectivity index (χ0v) is 17.9. The summed E-state index contributed by atoms with van der Waals surface area (Å²) in [7, 11) is 3.19. The third-order valence-corrected chi connectivity index (χ3v) is 6.41. The molecule has 6 heteroatoms. The maximum atomic E-state index is 10.7. The summed E-state index contributed by atoms with van der Waals surface area (Å²) in [5.74, 6) is 2.07. The Morgan fingerprint density at radius 1 is 1.10 bits per heavy atom. The molecule has 2 N–H and O–H groups in total. The molecule has 0 radical (unpaired) electrons. The van der Waals surface area contributed by atoms with E-state index >= 15 is 0 Å². The largest absolute Gasteiger partial charge is 0.493 e. The van der Waals surface area contributed by atoms with E-state index in [2.05, 4.69) is 4.90 Å². The molecule has 1 spiro atoms. The van der Waals surface area contributed by atoms with Gasteiger partial charge in [-0.05, 0) is 49.6 Å². The molecule has 0 saturated carbocycles. The molecule has 2 aromatic carbocycles. The summed E-state index contributed by atoms with van der Waals surface area (Å²) >= 11 is 0. The van der Waals surface area contributed by atoms with E-state index in [4.69, 9.17) is 14.2 Å². The Kier molecular flexibility index (Phi) is 5.91. The smallest absolute Gasteiger partial charge is 0.161 e. The molecule has 1 saturated heterocycles. The minimum atomic E-state index is -0.611. The molecule has 2 aliphatic rings. The van der Waals surface area contributed by atoms with Gasteiger partial charge in [0.15, 0.2) is 11.5 Å². The lowest BCUT2D eigenvalue weighted by Crippen LogP contribution is -2.51. The molecule has 162 valence electrons. The second kappa shape index (κ2) is 8.46. The molecule has 2 aliphatic heterocycles. The minimum absolute atomic E-state index is 0.327. The topological polar surface area (TPSA) is 71.4 Å². The van der Waals surface area contributed by atoms with Crippen molar-refractivity contribution in [3.63, 3.8) is 0 Å². The number of benzene rings is 2. The summed E-state index contributed by atoms with van der Waals surface area (Å²) in [6.45, 7) is 4.21. The van der Waals surface area contributed by atoms with Gasteiger partial charge in [-0.15, -0.1) is 0 Å². The number of aliphatic hydroxyl groups excluding tert-OH is 2. The summed E-state index contributed by atoms with van der Waals surface area (Å²) in [6.07, 6.45) is 1.18. The number of β-amino-alcohol motifs (C(OH)–C–C–N with tert-alkyl or cyclic N) is 1. The van der Waals surface area contributed by atoms with Crippen LogP contribution in [0.5, 0.6) is 17.2 Å². The van der Waals surface area contributed by atoms with Crippen LogP contribution in [0.2, 0.25) is 0 Å². The van der Waals surface area contributed by atoms with Crippen LogP contribution < -0.4 is 14.2 Å². The standard InChI is InChI=1S/C24H31NO5/c1-16-4-6-21-18(12-16)19(26)14-24(30-21)8-10-25(11-9-24)15-20(27)17-5-7-22(28-2)23(13-17)29-3/h4-7,12-13,19-20,26-27H,8-11,14-15H2,1-3H3. The van der Waals surface area contributed by atoms with Gasteiger partial charge in [0.1, 0.15) is 11.4 Å². The average molecular weight is 414 g/mol. The maximum absolute atomic E-state index is 10.7. The number of aryl methyl sites for hydroxylation is 1. The van der Waals surface area contributed by atoms with Gasteiger partial charge in [-0.3, -0.25) is 0 Å². The van der Waals surface area contributed by atoms with Crippen LogP contribution >= 0.6 is 0 Å². The van der Waals surface area contributed by atoms with Gasteiger partial charge in [0.05, 0.1) is 26.4 Å². The minimum Gasteiger partial charge on any atom is -0.493 e. The first-order chi connectivity index (χ1) is 14.4. The van der Waals surface area contributed by atoms with E-state index in [-0.39, 0.29) is 5.60 Å². The average Bonchev–Trinajstić information content (AvgIpc) is 2.75. The third kappa shape index (κ3) is 4.13. The van der Waals surface area contributed by atoms with Gasteiger partial charge >= 0.3 is 0 Å². The van der Waals surface area contributed by atoms with Crippen LogP contribution in [0.1, 0.15) is 48.2 Å². The van der Waals surface area contributed by atoms with Crippen LogP contribution in [0.4, 0.5) is 0 Å². The SMILES string of the molecule is COc1ccc(C(O)CN2CCC3(CC2)CC(O)c2cc(C)ccc2O3)cc1OC. The van der Waals surface area contributed by atoms with Crippen molar-refractivity contribution in [3.05, 3.63) is 53.1 Å². The maximum Gasteiger partial charge on any atom is 0.161 e. The molecular formula is C24H31NO5. The van der Waals surface area contributed by atoms with Crippen molar-refractivity contribution >= 4 is 0 Å². The van der Waals surface area contributed by atoms with Gasteiger partial charge in [-0.25, -0.2) is 0 Å². The van der Waals surface area contributed by atoms with E-state index in [1.54, 1.807) is 14.2 Å². The molecular weight excluding hydrogens is 382 g/mol. The Bertz CT molecular complexity index is 891. The highest BCUT2D eigenvalue weighted by Crippen LogP contribution is 2.44. The van der Waals surface area contributed by atoms with Gasteiger partial charge < -0.3 is 29.3 Å². The fourth-order valence-corrected chi connectivity index (χ4v) is 4.62. The van der Waals surface area contributed by atoms with Gasteiger partial charge in [-0.1, -0.05) is 17.7 Å². The molecule has 2 heterocycles. The quantitative estimate of drug-likeness (QED) is 0.783. The first-order valence-electron chi connectivity index (χ1n) is 10.5. The summed E-state index contributed by atoms with van der Waals surface area (Å²) < 4.78 is 17.0. The van der Waals surface area contributed by atoms with Crippen molar-refractivity contribution in [1.29, 1.82) is 0 Å². The van der Waals surface area contributed by atoms with Crippen molar-refractivity contribution in [1.82, 2.24) is 4.90 Å². The van der Waals surface area contributed by atoms with Gasteiger partial charge in [0, 0.05) is 31.6 Å². The van der Waals surface area contributed by atoms with E-state index < -0.39 is 12.2 Å². The fraction of sp³-hybridized carbons (Fsp3) is 0.500. The van der Waals surface area contributed by atoms with Gasteiger partial charge in [0.25, 0.3) is 0 Å². The molecule has 6 nitrogen and oxygen atoms in total. The highest BCUT2D eigenvalue weighted by molar-refractivity contribution is 5.43. The Labute approximate surface area is 178 Å². The van der Waals surface area contributed by atoms with Gasteiger partial charge in [-0.2, -0.15) is 0 Å². The summed E-state index contributed by atoms with van der Waals surface area (Å²) in [6, 6.07) is 11.5. The molecule has 4 rings (SSSR count). The first kappa shape index (κ1) is 21.0. The molecule has 0 aliphatic carbocycles. The Balaban J connectivity index is 1.39. The molecule has 1 fully saturated rings. The number of piperidine rings is 1. The van der Waals surface area contributed by atoms with E-state index in [1.807, 2.05) is 43.3 Å². The predicted octanol–water partition coefficient (Wildman–Crippen LogP) is 3.40. The van der Waals surface area contributed by atoms with Crippen LogP contribution in [0.15, 0.2) is 36.4 Å². The Morgan fingerprint density at radius 2 is 1.83 bits per heavy atom. The lowest BCUT2D eigenvalue weighted by atomic mass is 9.81. The van der Waals surface area contributed by atoms with E-state index in [0.717, 1.165) is 48.4 Å². The van der Waals surface area contributed by atoms with Crippen molar-refractivity contribution in [2.24, 2.45) is 0 Å². The monoisotopic (exact) mass is 413 g/mol. The Morgan fingerprint density at radius 3 is 2.53 bits per heavy atom. The Hall–Kier alpha value is -2.28. The fourth-order valence-electron chi connectivity index (χ4n) is 4.62. The van der Waals surface area contributed by atoms with Gasteiger partial charge in [0.2, 0.25) is 0 Å². The second-order valence-electron chi connectivity index (χ2n) is 8.48. The van der Waals surface area contributed by atoms with Crippen LogP contribution in [0.25, 0.3) is 0 Å². The molecule has 30 heavy (non-hydrogen) atoms. The number of fused-ring (bicyclic) bond motifs is 1. The van der Waals surface area contributed by atoms with Crippen molar-refractivity contribution in [2.45, 2.75) is 44.0 Å². The molecule has 0 aromatic heterocycles. The number of hydrogen-bond donors (Lipinski definition) is 2. The number of nitrogens with zero attached hydrogens (tertiary/aromatic N) is 1. The molecule has 0 bridgehead atoms. The van der Waals surface area contributed by atoms with Crippen molar-refractivity contribution in [3.8, 4) is 17.2 Å². The highest BCUT2D eigenvalue weighted by Gasteiger charge is 2.43. The number of hydrogen-bond acceptors (Lipinski definition) is 6. The number of rotatable bonds is 5. The lowest BCUT2D eigenvalue weighted by Gasteiger charge is -2.46. The highest BCUT2D eigenvalue weighted by atomic mass is 16.5.